The van der Waals surface area contributed by atoms with Crippen LogP contribution in [-0.4, -0.2) is 23.1 Å². The topological polar surface area (TPSA) is 50.9 Å². The Bertz CT molecular complexity index is 254. The molecule has 3 heteroatoms. The molecule has 2 N–H and O–H groups in total. The Kier molecular flexibility index (Phi) is 3.39. The van der Waals surface area contributed by atoms with Gasteiger partial charge in [0.1, 0.15) is 11.7 Å². The van der Waals surface area contributed by atoms with Crippen molar-refractivity contribution in [2.45, 2.75) is 51.4 Å². The predicted molar refractivity (Wildman–Crippen MR) is 62.6 cm³/mol. The van der Waals surface area contributed by atoms with Crippen molar-refractivity contribution in [1.82, 2.24) is 4.90 Å². The summed E-state index contributed by atoms with van der Waals surface area (Å²) >= 11 is 0. The van der Waals surface area contributed by atoms with E-state index in [0.29, 0.717) is 11.8 Å². The van der Waals surface area contributed by atoms with Gasteiger partial charge < -0.3 is 4.90 Å². The molecule has 0 spiro atoms. The molecule has 2 fully saturated rings. The zero-order valence-electron chi connectivity index (χ0n) is 9.39. The molecular weight excluding hydrogens is 186 g/mol. The first kappa shape index (κ1) is 10.7. The molecule has 2 aliphatic rings. The van der Waals surface area contributed by atoms with Crippen LogP contribution in [0.4, 0.5) is 0 Å². The van der Waals surface area contributed by atoms with E-state index in [1.165, 1.54) is 32.1 Å². The Morgan fingerprint density at radius 3 is 2.47 bits per heavy atom. The molecule has 0 bridgehead atoms. The number of likely N-dealkylation sites (tertiary alicyclic amines) is 1. The minimum absolute atomic E-state index is 0.442. The molecule has 0 aromatic heterocycles. The Labute approximate surface area is 91.9 Å². The summed E-state index contributed by atoms with van der Waals surface area (Å²) in [5.74, 6) is 1.86. The van der Waals surface area contributed by atoms with Crippen molar-refractivity contribution in [3.8, 4) is 0 Å². The van der Waals surface area contributed by atoms with Crippen molar-refractivity contribution in [2.75, 3.05) is 6.54 Å². The zero-order chi connectivity index (χ0) is 10.7. The Morgan fingerprint density at radius 1 is 1.07 bits per heavy atom. The fourth-order valence-electron chi connectivity index (χ4n) is 2.69. The zero-order valence-corrected chi connectivity index (χ0v) is 9.39. The van der Waals surface area contributed by atoms with Crippen LogP contribution in [0.1, 0.15) is 51.4 Å². The van der Waals surface area contributed by atoms with E-state index in [9.17, 15) is 0 Å². The number of hydrogen-bond donors (Lipinski definition) is 2. The molecule has 1 saturated carbocycles. The van der Waals surface area contributed by atoms with Gasteiger partial charge in [0.15, 0.2) is 0 Å². The standard InChI is InChI=1S/C12H21N3/c13-11-8-4-5-9-15(11)12(14)10-6-2-1-3-7-10/h10,13-14H,1-9H2. The fourth-order valence-corrected chi connectivity index (χ4v) is 2.69. The Morgan fingerprint density at radius 2 is 1.80 bits per heavy atom. The Balaban J connectivity index is 1.95. The van der Waals surface area contributed by atoms with E-state index >= 15 is 0 Å². The minimum atomic E-state index is 0.442. The van der Waals surface area contributed by atoms with E-state index in [4.69, 9.17) is 10.8 Å². The van der Waals surface area contributed by atoms with Crippen LogP contribution in [0.15, 0.2) is 0 Å². The lowest BCUT2D eigenvalue weighted by Gasteiger charge is -2.34. The summed E-state index contributed by atoms with van der Waals surface area (Å²) in [5.41, 5.74) is 0. The van der Waals surface area contributed by atoms with Gasteiger partial charge in [-0.3, -0.25) is 10.8 Å². The van der Waals surface area contributed by atoms with Crippen molar-refractivity contribution in [1.29, 1.82) is 10.8 Å². The summed E-state index contributed by atoms with van der Waals surface area (Å²) in [5, 5.41) is 16.1. The molecule has 2 rings (SSSR count). The quantitative estimate of drug-likeness (QED) is 0.504. The van der Waals surface area contributed by atoms with Crippen molar-refractivity contribution >= 4 is 11.7 Å². The molecule has 1 aliphatic heterocycles. The monoisotopic (exact) mass is 207 g/mol. The van der Waals surface area contributed by atoms with Gasteiger partial charge in [0.2, 0.25) is 0 Å². The van der Waals surface area contributed by atoms with E-state index in [1.807, 2.05) is 4.90 Å². The number of hydrogen-bond acceptors (Lipinski definition) is 2. The number of piperidine rings is 1. The second kappa shape index (κ2) is 4.77. The molecule has 0 aromatic carbocycles. The molecule has 0 atom stereocenters. The number of rotatable bonds is 1. The van der Waals surface area contributed by atoms with Gasteiger partial charge in [-0.15, -0.1) is 0 Å². The molecule has 1 heterocycles. The average Bonchev–Trinajstić information content (AvgIpc) is 2.30. The maximum atomic E-state index is 8.19. The maximum Gasteiger partial charge on any atom is 0.104 e. The predicted octanol–water partition coefficient (Wildman–Crippen LogP) is 3.01. The lowest BCUT2D eigenvalue weighted by atomic mass is 9.87. The van der Waals surface area contributed by atoms with Crippen LogP contribution < -0.4 is 0 Å². The lowest BCUT2D eigenvalue weighted by Crippen LogP contribution is -2.43. The summed E-state index contributed by atoms with van der Waals surface area (Å²) in [6.07, 6.45) is 9.37. The smallest absolute Gasteiger partial charge is 0.104 e. The van der Waals surface area contributed by atoms with E-state index in [1.54, 1.807) is 0 Å². The number of nitrogens with zero attached hydrogens (tertiary/aromatic N) is 1. The Hall–Kier alpha value is -0.860. The SMILES string of the molecule is N=C1CCCCN1C(=N)C1CCCCC1. The van der Waals surface area contributed by atoms with Gasteiger partial charge in [-0.2, -0.15) is 0 Å². The third-order valence-electron chi connectivity index (χ3n) is 3.65. The third kappa shape index (κ3) is 2.39. The van der Waals surface area contributed by atoms with Gasteiger partial charge >= 0.3 is 0 Å². The van der Waals surface area contributed by atoms with Crippen LogP contribution >= 0.6 is 0 Å². The maximum absolute atomic E-state index is 8.19. The second-order valence-corrected chi connectivity index (χ2v) is 4.78. The minimum Gasteiger partial charge on any atom is -0.319 e. The normalized spacial score (nSPS) is 24.3. The molecule has 0 radical (unpaired) electrons. The van der Waals surface area contributed by atoms with E-state index < -0.39 is 0 Å². The summed E-state index contributed by atoms with van der Waals surface area (Å²) in [7, 11) is 0. The van der Waals surface area contributed by atoms with E-state index in [-0.39, 0.29) is 0 Å². The van der Waals surface area contributed by atoms with Crippen molar-refractivity contribution in [2.24, 2.45) is 5.92 Å². The molecule has 1 saturated heterocycles. The molecule has 0 unspecified atom stereocenters. The summed E-state index contributed by atoms with van der Waals surface area (Å²) in [6.45, 7) is 0.911. The van der Waals surface area contributed by atoms with E-state index in [2.05, 4.69) is 0 Å². The molecule has 1 aliphatic carbocycles. The van der Waals surface area contributed by atoms with Gasteiger partial charge in [-0.1, -0.05) is 19.3 Å². The van der Waals surface area contributed by atoms with Gasteiger partial charge in [0.25, 0.3) is 0 Å². The molecule has 0 aromatic rings. The highest BCUT2D eigenvalue weighted by molar-refractivity contribution is 5.99. The molecule has 84 valence electrons. The van der Waals surface area contributed by atoms with E-state index in [0.717, 1.165) is 31.6 Å². The first-order chi connectivity index (χ1) is 7.29. The van der Waals surface area contributed by atoms with Gasteiger partial charge in [0, 0.05) is 18.9 Å². The fraction of sp³-hybridized carbons (Fsp3) is 0.833. The summed E-state index contributed by atoms with van der Waals surface area (Å²) < 4.78 is 0. The first-order valence-electron chi connectivity index (χ1n) is 6.22. The van der Waals surface area contributed by atoms with Crippen LogP contribution in [-0.2, 0) is 0 Å². The largest absolute Gasteiger partial charge is 0.319 e. The highest BCUT2D eigenvalue weighted by Gasteiger charge is 2.26. The highest BCUT2D eigenvalue weighted by Crippen LogP contribution is 2.27. The van der Waals surface area contributed by atoms with Gasteiger partial charge in [-0.05, 0) is 25.7 Å². The third-order valence-corrected chi connectivity index (χ3v) is 3.65. The first-order valence-corrected chi connectivity index (χ1v) is 6.22. The van der Waals surface area contributed by atoms with Gasteiger partial charge in [0.05, 0.1) is 0 Å². The summed E-state index contributed by atoms with van der Waals surface area (Å²) in [6, 6.07) is 0. The molecular formula is C12H21N3. The van der Waals surface area contributed by atoms with Crippen LogP contribution in [0.3, 0.4) is 0 Å². The number of amidine groups is 2. The van der Waals surface area contributed by atoms with Crippen LogP contribution in [0.2, 0.25) is 0 Å². The van der Waals surface area contributed by atoms with Crippen LogP contribution in [0.5, 0.6) is 0 Å². The molecule has 15 heavy (non-hydrogen) atoms. The van der Waals surface area contributed by atoms with Crippen molar-refractivity contribution in [3.63, 3.8) is 0 Å². The summed E-state index contributed by atoms with van der Waals surface area (Å²) in [4.78, 5) is 1.96. The molecule has 3 nitrogen and oxygen atoms in total. The second-order valence-electron chi connectivity index (χ2n) is 4.78. The van der Waals surface area contributed by atoms with Crippen LogP contribution in [0, 0.1) is 16.7 Å². The van der Waals surface area contributed by atoms with Crippen molar-refractivity contribution < 1.29 is 0 Å². The lowest BCUT2D eigenvalue weighted by molar-refractivity contribution is 0.394. The highest BCUT2D eigenvalue weighted by atomic mass is 15.2. The molecule has 0 amide bonds. The van der Waals surface area contributed by atoms with Gasteiger partial charge in [-0.25, -0.2) is 0 Å². The number of nitrogens with one attached hydrogen (secondary N) is 2. The van der Waals surface area contributed by atoms with Crippen molar-refractivity contribution in [3.05, 3.63) is 0 Å². The van der Waals surface area contributed by atoms with Crippen LogP contribution in [0.25, 0.3) is 0 Å². The average molecular weight is 207 g/mol.